The van der Waals surface area contributed by atoms with E-state index in [1.165, 1.54) is 92.9 Å². The van der Waals surface area contributed by atoms with E-state index in [0.29, 0.717) is 5.75 Å². The SMILES string of the molecule is CCCCC1CCc2c(O)cccc2C1.CCCCC1CCc2c(cccc2OC)C1. The summed E-state index contributed by atoms with van der Waals surface area (Å²) in [5.41, 5.74) is 5.55. The van der Waals surface area contributed by atoms with Gasteiger partial charge in [0.05, 0.1) is 7.11 Å². The molecule has 0 fully saturated rings. The van der Waals surface area contributed by atoms with Crippen LogP contribution in [0.3, 0.4) is 0 Å². The molecule has 2 atom stereocenters. The number of phenolic OH excluding ortho intramolecular Hbond substituents is 1. The Kier molecular flexibility index (Phi) is 9.31. The topological polar surface area (TPSA) is 29.5 Å². The molecule has 170 valence electrons. The third-order valence-electron chi connectivity index (χ3n) is 7.25. The molecule has 0 amide bonds. The summed E-state index contributed by atoms with van der Waals surface area (Å²) in [6, 6.07) is 12.4. The van der Waals surface area contributed by atoms with E-state index < -0.39 is 0 Å². The minimum atomic E-state index is 0.501. The first-order valence-electron chi connectivity index (χ1n) is 12.6. The molecule has 0 aliphatic heterocycles. The van der Waals surface area contributed by atoms with Crippen molar-refractivity contribution in [3.8, 4) is 11.5 Å². The first-order valence-corrected chi connectivity index (χ1v) is 12.6. The van der Waals surface area contributed by atoms with Crippen molar-refractivity contribution >= 4 is 0 Å². The highest BCUT2D eigenvalue weighted by molar-refractivity contribution is 5.42. The molecule has 0 spiro atoms. The van der Waals surface area contributed by atoms with Crippen molar-refractivity contribution in [2.24, 2.45) is 11.8 Å². The van der Waals surface area contributed by atoms with Crippen LogP contribution in [-0.4, -0.2) is 12.2 Å². The van der Waals surface area contributed by atoms with Gasteiger partial charge < -0.3 is 9.84 Å². The minimum Gasteiger partial charge on any atom is -0.508 e. The highest BCUT2D eigenvalue weighted by Crippen LogP contribution is 2.34. The molecule has 0 saturated heterocycles. The zero-order valence-corrected chi connectivity index (χ0v) is 20.0. The number of unbranched alkanes of at least 4 members (excludes halogenated alkanes) is 2. The van der Waals surface area contributed by atoms with E-state index in [-0.39, 0.29) is 0 Å². The number of aromatic hydroxyl groups is 1. The quantitative estimate of drug-likeness (QED) is 0.496. The molecule has 2 nitrogen and oxygen atoms in total. The molecular formula is C29H42O2. The van der Waals surface area contributed by atoms with Crippen LogP contribution in [0.5, 0.6) is 11.5 Å². The van der Waals surface area contributed by atoms with Crippen LogP contribution in [-0.2, 0) is 25.7 Å². The molecular weight excluding hydrogens is 380 g/mol. The predicted molar refractivity (Wildman–Crippen MR) is 131 cm³/mol. The molecule has 4 rings (SSSR count). The zero-order chi connectivity index (χ0) is 22.1. The fourth-order valence-electron chi connectivity index (χ4n) is 5.38. The lowest BCUT2D eigenvalue weighted by Gasteiger charge is -2.25. The highest BCUT2D eigenvalue weighted by atomic mass is 16.5. The van der Waals surface area contributed by atoms with Gasteiger partial charge in [0.15, 0.2) is 0 Å². The second kappa shape index (κ2) is 12.2. The van der Waals surface area contributed by atoms with Crippen molar-refractivity contribution in [1.82, 2.24) is 0 Å². The Morgan fingerprint density at radius 1 is 0.806 bits per heavy atom. The summed E-state index contributed by atoms with van der Waals surface area (Å²) in [7, 11) is 1.78. The van der Waals surface area contributed by atoms with Crippen molar-refractivity contribution in [3.05, 3.63) is 58.7 Å². The second-order valence-electron chi connectivity index (χ2n) is 9.51. The van der Waals surface area contributed by atoms with Gasteiger partial charge in [0.1, 0.15) is 11.5 Å². The first-order chi connectivity index (χ1) is 15.2. The summed E-state index contributed by atoms with van der Waals surface area (Å²) in [6.07, 6.45) is 15.4. The van der Waals surface area contributed by atoms with Crippen LogP contribution in [0.4, 0.5) is 0 Å². The smallest absolute Gasteiger partial charge is 0.122 e. The van der Waals surface area contributed by atoms with Crippen molar-refractivity contribution in [3.63, 3.8) is 0 Å². The molecule has 0 radical (unpaired) electrons. The van der Waals surface area contributed by atoms with Crippen LogP contribution in [0.2, 0.25) is 0 Å². The van der Waals surface area contributed by atoms with Crippen molar-refractivity contribution < 1.29 is 9.84 Å². The molecule has 2 unspecified atom stereocenters. The Morgan fingerprint density at radius 2 is 1.35 bits per heavy atom. The molecule has 31 heavy (non-hydrogen) atoms. The molecule has 2 aromatic rings. The Hall–Kier alpha value is -1.96. The summed E-state index contributed by atoms with van der Waals surface area (Å²) < 4.78 is 5.43. The largest absolute Gasteiger partial charge is 0.508 e. The second-order valence-corrected chi connectivity index (χ2v) is 9.51. The van der Waals surface area contributed by atoms with Gasteiger partial charge >= 0.3 is 0 Å². The normalized spacial score (nSPS) is 19.6. The maximum atomic E-state index is 9.72. The first kappa shape index (κ1) is 23.7. The number of hydrogen-bond donors (Lipinski definition) is 1. The van der Waals surface area contributed by atoms with Gasteiger partial charge in [0.2, 0.25) is 0 Å². The van der Waals surface area contributed by atoms with E-state index >= 15 is 0 Å². The van der Waals surface area contributed by atoms with Gasteiger partial charge in [0.25, 0.3) is 0 Å². The number of hydrogen-bond acceptors (Lipinski definition) is 2. The van der Waals surface area contributed by atoms with Crippen molar-refractivity contribution in [2.75, 3.05) is 7.11 Å². The number of phenols is 1. The van der Waals surface area contributed by atoms with Crippen molar-refractivity contribution in [1.29, 1.82) is 0 Å². The number of rotatable bonds is 7. The maximum absolute atomic E-state index is 9.72. The summed E-state index contributed by atoms with van der Waals surface area (Å²) in [6.45, 7) is 4.53. The van der Waals surface area contributed by atoms with Crippen LogP contribution >= 0.6 is 0 Å². The van der Waals surface area contributed by atoms with E-state index in [9.17, 15) is 5.11 Å². The molecule has 0 heterocycles. The fourth-order valence-corrected chi connectivity index (χ4v) is 5.38. The van der Waals surface area contributed by atoms with Gasteiger partial charge in [-0.3, -0.25) is 0 Å². The predicted octanol–water partition coefficient (Wildman–Crippen LogP) is 7.68. The number of methoxy groups -OCH3 is 1. The van der Waals surface area contributed by atoms with E-state index in [0.717, 1.165) is 24.0 Å². The average molecular weight is 423 g/mol. The van der Waals surface area contributed by atoms with Gasteiger partial charge in [-0.25, -0.2) is 0 Å². The van der Waals surface area contributed by atoms with Gasteiger partial charge in [-0.2, -0.15) is 0 Å². The third-order valence-corrected chi connectivity index (χ3v) is 7.25. The summed E-state index contributed by atoms with van der Waals surface area (Å²) in [4.78, 5) is 0. The van der Waals surface area contributed by atoms with E-state index in [1.54, 1.807) is 7.11 Å². The standard InChI is InChI=1S/C15H22O.C14H20O/c1-3-4-6-12-9-10-14-13(11-12)7-5-8-15(14)16-2;1-2-3-5-11-8-9-13-12(10-11)6-4-7-14(13)15/h5,7-8,12H,3-4,6,9-11H2,1-2H3;4,6-7,11,15H,2-3,5,8-10H2,1H3. The summed E-state index contributed by atoms with van der Waals surface area (Å²) in [5.74, 6) is 3.34. The van der Waals surface area contributed by atoms with Crippen LogP contribution in [0, 0.1) is 11.8 Å². The maximum Gasteiger partial charge on any atom is 0.122 e. The number of benzene rings is 2. The van der Waals surface area contributed by atoms with Crippen LogP contribution in [0.25, 0.3) is 0 Å². The summed E-state index contributed by atoms with van der Waals surface area (Å²) in [5, 5.41) is 9.72. The Labute approximate surface area is 190 Å². The molecule has 2 heteroatoms. The lowest BCUT2D eigenvalue weighted by atomic mass is 9.81. The van der Waals surface area contributed by atoms with Gasteiger partial charge in [0, 0.05) is 0 Å². The number of fused-ring (bicyclic) bond motifs is 2. The minimum absolute atomic E-state index is 0.501. The number of ether oxygens (including phenoxy) is 1. The Morgan fingerprint density at radius 3 is 1.94 bits per heavy atom. The van der Waals surface area contributed by atoms with Crippen molar-refractivity contribution in [2.45, 2.75) is 90.9 Å². The fraction of sp³-hybridized carbons (Fsp3) is 0.586. The monoisotopic (exact) mass is 422 g/mol. The molecule has 0 bridgehead atoms. The van der Waals surface area contributed by atoms with Gasteiger partial charge in [-0.1, -0.05) is 76.6 Å². The lowest BCUT2D eigenvalue weighted by molar-refractivity contribution is 0.383. The molecule has 2 aliphatic rings. The average Bonchev–Trinajstić information content (AvgIpc) is 2.81. The third kappa shape index (κ3) is 6.51. The summed E-state index contributed by atoms with van der Waals surface area (Å²) >= 11 is 0. The Balaban J connectivity index is 0.000000176. The highest BCUT2D eigenvalue weighted by Gasteiger charge is 2.21. The Bertz CT molecular complexity index is 810. The molecule has 1 N–H and O–H groups in total. The van der Waals surface area contributed by atoms with Crippen LogP contribution < -0.4 is 4.74 Å². The van der Waals surface area contributed by atoms with Crippen LogP contribution in [0.1, 0.15) is 87.5 Å². The van der Waals surface area contributed by atoms with E-state index in [1.807, 2.05) is 12.1 Å². The van der Waals surface area contributed by atoms with Gasteiger partial charge in [-0.05, 0) is 84.7 Å². The molecule has 0 saturated carbocycles. The molecule has 2 aromatic carbocycles. The molecule has 0 aromatic heterocycles. The zero-order valence-electron chi connectivity index (χ0n) is 20.0. The molecule has 2 aliphatic carbocycles. The van der Waals surface area contributed by atoms with Crippen LogP contribution in [0.15, 0.2) is 36.4 Å². The lowest BCUT2D eigenvalue weighted by Crippen LogP contribution is -2.15. The van der Waals surface area contributed by atoms with E-state index in [4.69, 9.17) is 4.74 Å². The van der Waals surface area contributed by atoms with E-state index in [2.05, 4.69) is 38.1 Å². The van der Waals surface area contributed by atoms with Gasteiger partial charge in [-0.15, -0.1) is 0 Å².